The third kappa shape index (κ3) is 1.30. The fraction of sp³-hybridized carbons (Fsp3) is 0.385. The molecule has 1 fully saturated rings. The van der Waals surface area contributed by atoms with Crippen molar-refractivity contribution in [3.63, 3.8) is 0 Å². The first-order valence-electron chi connectivity index (χ1n) is 5.61. The molecule has 0 radical (unpaired) electrons. The molecular weight excluding hydrogens is 220 g/mol. The van der Waals surface area contributed by atoms with Gasteiger partial charge in [-0.25, -0.2) is 0 Å². The van der Waals surface area contributed by atoms with E-state index in [1.54, 1.807) is 0 Å². The van der Waals surface area contributed by atoms with E-state index >= 15 is 0 Å². The minimum atomic E-state index is 0.243. The van der Waals surface area contributed by atoms with Crippen molar-refractivity contribution in [3.05, 3.63) is 35.0 Å². The molecule has 0 aliphatic heterocycles. The molecule has 1 aromatic heterocycles. The van der Waals surface area contributed by atoms with E-state index in [0.717, 1.165) is 11.6 Å². The molecular formula is C13H15ClN2. The lowest BCUT2D eigenvalue weighted by Gasteiger charge is -2.10. The lowest BCUT2D eigenvalue weighted by Crippen LogP contribution is -2.19. The maximum absolute atomic E-state index is 6.03. The third-order valence-electron chi connectivity index (χ3n) is 3.77. The van der Waals surface area contributed by atoms with E-state index in [1.165, 1.54) is 29.3 Å². The van der Waals surface area contributed by atoms with Crippen molar-refractivity contribution >= 4 is 22.5 Å². The maximum Gasteiger partial charge on any atom is 0.0495 e. The molecule has 1 aliphatic rings. The van der Waals surface area contributed by atoms with Gasteiger partial charge in [0.25, 0.3) is 0 Å². The highest BCUT2D eigenvalue weighted by Gasteiger charge is 2.44. The summed E-state index contributed by atoms with van der Waals surface area (Å²) in [7, 11) is 2.06. The second kappa shape index (κ2) is 3.25. The molecule has 0 unspecified atom stereocenters. The largest absolute Gasteiger partial charge is 0.350 e. The highest BCUT2D eigenvalue weighted by molar-refractivity contribution is 6.31. The van der Waals surface area contributed by atoms with Gasteiger partial charge in [-0.3, -0.25) is 0 Å². The number of aromatic nitrogens is 1. The van der Waals surface area contributed by atoms with Gasteiger partial charge in [0.1, 0.15) is 0 Å². The Labute approximate surface area is 100.0 Å². The Hall–Kier alpha value is -0.990. The fourth-order valence-corrected chi connectivity index (χ4v) is 2.68. The molecule has 84 valence electrons. The summed E-state index contributed by atoms with van der Waals surface area (Å²) in [6.45, 7) is 0.745. The van der Waals surface area contributed by atoms with E-state index < -0.39 is 0 Å². The number of aryl methyl sites for hydroxylation is 1. The molecule has 1 saturated carbocycles. The topological polar surface area (TPSA) is 30.9 Å². The number of rotatable bonds is 2. The molecule has 0 amide bonds. The van der Waals surface area contributed by atoms with Crippen molar-refractivity contribution in [2.75, 3.05) is 6.54 Å². The lowest BCUT2D eigenvalue weighted by atomic mass is 9.96. The lowest BCUT2D eigenvalue weighted by molar-refractivity contribution is 0.706. The van der Waals surface area contributed by atoms with Gasteiger partial charge < -0.3 is 10.3 Å². The Bertz CT molecular complexity index is 552. The number of benzene rings is 1. The first-order chi connectivity index (χ1) is 7.66. The molecule has 0 saturated heterocycles. The van der Waals surface area contributed by atoms with Gasteiger partial charge in [0.15, 0.2) is 0 Å². The molecule has 0 bridgehead atoms. The van der Waals surface area contributed by atoms with Crippen molar-refractivity contribution in [3.8, 4) is 0 Å². The predicted molar refractivity (Wildman–Crippen MR) is 67.9 cm³/mol. The van der Waals surface area contributed by atoms with Gasteiger partial charge in [-0.1, -0.05) is 17.7 Å². The fourth-order valence-electron chi connectivity index (χ4n) is 2.51. The van der Waals surface area contributed by atoms with Crippen LogP contribution in [0.5, 0.6) is 0 Å². The number of fused-ring (bicyclic) bond motifs is 1. The summed E-state index contributed by atoms with van der Waals surface area (Å²) in [5, 5.41) is 2.09. The molecule has 1 heterocycles. The van der Waals surface area contributed by atoms with Crippen LogP contribution in [-0.4, -0.2) is 11.1 Å². The van der Waals surface area contributed by atoms with Crippen molar-refractivity contribution in [2.45, 2.75) is 18.3 Å². The Morgan fingerprint density at radius 1 is 1.44 bits per heavy atom. The van der Waals surface area contributed by atoms with E-state index in [2.05, 4.69) is 23.9 Å². The number of nitrogens with zero attached hydrogens (tertiary/aromatic N) is 1. The predicted octanol–water partition coefficient (Wildman–Crippen LogP) is 2.82. The normalized spacial score (nSPS) is 17.9. The zero-order valence-electron chi connectivity index (χ0n) is 9.33. The van der Waals surface area contributed by atoms with Crippen LogP contribution in [0.3, 0.4) is 0 Å². The number of nitrogens with two attached hydrogens (primary N) is 1. The molecule has 0 spiro atoms. The second-order valence-electron chi connectivity index (χ2n) is 4.80. The van der Waals surface area contributed by atoms with Gasteiger partial charge in [0, 0.05) is 41.1 Å². The number of halogens is 1. The van der Waals surface area contributed by atoms with Gasteiger partial charge in [-0.2, -0.15) is 0 Å². The SMILES string of the molecule is Cn1cc(C2(CN)CC2)c2ccc(Cl)cc21. The Kier molecular flexibility index (Phi) is 2.07. The monoisotopic (exact) mass is 234 g/mol. The molecule has 2 N–H and O–H groups in total. The van der Waals surface area contributed by atoms with E-state index in [0.29, 0.717) is 0 Å². The zero-order valence-corrected chi connectivity index (χ0v) is 10.1. The first-order valence-corrected chi connectivity index (χ1v) is 5.99. The van der Waals surface area contributed by atoms with Crippen LogP contribution in [-0.2, 0) is 12.5 Å². The van der Waals surface area contributed by atoms with Crippen LogP contribution < -0.4 is 5.73 Å². The summed E-state index contributed by atoms with van der Waals surface area (Å²) < 4.78 is 2.15. The van der Waals surface area contributed by atoms with E-state index in [4.69, 9.17) is 17.3 Å². The summed E-state index contributed by atoms with van der Waals surface area (Å²) >= 11 is 6.03. The van der Waals surface area contributed by atoms with Gasteiger partial charge in [0.2, 0.25) is 0 Å². The highest BCUT2D eigenvalue weighted by Crippen LogP contribution is 2.50. The number of hydrogen-bond donors (Lipinski definition) is 1. The molecule has 1 aromatic carbocycles. The molecule has 3 heteroatoms. The molecule has 1 aliphatic carbocycles. The van der Waals surface area contributed by atoms with E-state index in [9.17, 15) is 0 Å². The maximum atomic E-state index is 6.03. The zero-order chi connectivity index (χ0) is 11.3. The van der Waals surface area contributed by atoms with Crippen molar-refractivity contribution < 1.29 is 0 Å². The molecule has 16 heavy (non-hydrogen) atoms. The molecule has 2 aromatic rings. The van der Waals surface area contributed by atoms with Crippen LogP contribution in [0.15, 0.2) is 24.4 Å². The van der Waals surface area contributed by atoms with Crippen LogP contribution in [0.4, 0.5) is 0 Å². The second-order valence-corrected chi connectivity index (χ2v) is 5.24. The minimum Gasteiger partial charge on any atom is -0.350 e. The quantitative estimate of drug-likeness (QED) is 0.851. The van der Waals surface area contributed by atoms with Gasteiger partial charge in [-0.05, 0) is 30.5 Å². The third-order valence-corrected chi connectivity index (χ3v) is 4.00. The van der Waals surface area contributed by atoms with Crippen LogP contribution in [0.25, 0.3) is 10.9 Å². The molecule has 0 atom stereocenters. The summed E-state index contributed by atoms with van der Waals surface area (Å²) in [5.74, 6) is 0. The van der Waals surface area contributed by atoms with E-state index in [-0.39, 0.29) is 5.41 Å². The Balaban J connectivity index is 2.27. The molecule has 2 nitrogen and oxygen atoms in total. The van der Waals surface area contributed by atoms with Gasteiger partial charge in [0.05, 0.1) is 0 Å². The average Bonchev–Trinajstić information content (AvgIpc) is 3.01. The highest BCUT2D eigenvalue weighted by atomic mass is 35.5. The Morgan fingerprint density at radius 2 is 2.19 bits per heavy atom. The average molecular weight is 235 g/mol. The molecule has 3 rings (SSSR count). The van der Waals surface area contributed by atoms with Crippen molar-refractivity contribution in [1.29, 1.82) is 0 Å². The van der Waals surface area contributed by atoms with Gasteiger partial charge in [-0.15, -0.1) is 0 Å². The van der Waals surface area contributed by atoms with Crippen LogP contribution in [0.2, 0.25) is 5.02 Å². The number of hydrogen-bond acceptors (Lipinski definition) is 1. The van der Waals surface area contributed by atoms with Gasteiger partial charge >= 0.3 is 0 Å². The van der Waals surface area contributed by atoms with Crippen molar-refractivity contribution in [1.82, 2.24) is 4.57 Å². The van der Waals surface area contributed by atoms with Crippen LogP contribution in [0.1, 0.15) is 18.4 Å². The summed E-state index contributed by atoms with van der Waals surface area (Å²) in [6.07, 6.45) is 4.64. The summed E-state index contributed by atoms with van der Waals surface area (Å²) in [5.41, 5.74) is 8.73. The smallest absolute Gasteiger partial charge is 0.0495 e. The van der Waals surface area contributed by atoms with Crippen LogP contribution >= 0.6 is 11.6 Å². The minimum absolute atomic E-state index is 0.243. The Morgan fingerprint density at radius 3 is 2.81 bits per heavy atom. The van der Waals surface area contributed by atoms with Crippen molar-refractivity contribution in [2.24, 2.45) is 12.8 Å². The summed E-state index contributed by atoms with van der Waals surface area (Å²) in [6, 6.07) is 6.09. The first kappa shape index (κ1) is 10.2. The van der Waals surface area contributed by atoms with E-state index in [1.807, 2.05) is 12.1 Å². The standard InChI is InChI=1S/C13H15ClN2/c1-16-7-11(13(8-15)4-5-13)10-3-2-9(14)6-12(10)16/h2-3,6-7H,4-5,8,15H2,1H3. The van der Waals surface area contributed by atoms with Crippen LogP contribution in [0, 0.1) is 0 Å². The summed E-state index contributed by atoms with van der Waals surface area (Å²) in [4.78, 5) is 0.